The fourth-order valence-corrected chi connectivity index (χ4v) is 1.27. The smallest absolute Gasteiger partial charge is 0.125 e. The summed E-state index contributed by atoms with van der Waals surface area (Å²) in [6.45, 7) is 1.84. The van der Waals surface area contributed by atoms with Crippen LogP contribution in [0.15, 0.2) is 24.3 Å². The van der Waals surface area contributed by atoms with Crippen molar-refractivity contribution in [1.82, 2.24) is 10.2 Å². The summed E-state index contributed by atoms with van der Waals surface area (Å²) in [6.07, 6.45) is 0. The molecule has 14 heavy (non-hydrogen) atoms. The lowest BCUT2D eigenvalue weighted by Crippen LogP contribution is -1.81. The molecule has 0 aliphatic rings. The van der Waals surface area contributed by atoms with Crippen LogP contribution in [0.25, 0.3) is 11.3 Å². The third-order valence-electron chi connectivity index (χ3n) is 1.94. The Labute approximate surface area is 80.2 Å². The van der Waals surface area contributed by atoms with Gasteiger partial charge in [-0.3, -0.25) is 5.10 Å². The van der Waals surface area contributed by atoms with E-state index in [0.717, 1.165) is 5.69 Å². The van der Waals surface area contributed by atoms with Crippen LogP contribution in [0.1, 0.15) is 5.69 Å². The molecule has 0 radical (unpaired) electrons. The quantitative estimate of drug-likeness (QED) is 0.727. The molecule has 2 aromatic rings. The summed E-state index contributed by atoms with van der Waals surface area (Å²) >= 11 is 0. The molecule has 0 aliphatic carbocycles. The predicted molar refractivity (Wildman–Crippen MR) is 50.4 cm³/mol. The third kappa shape index (κ3) is 1.46. The summed E-state index contributed by atoms with van der Waals surface area (Å²) in [5, 5.41) is 16.1. The molecule has 0 spiro atoms. The SMILES string of the molecule is Cc1cc(-c2cc(F)ccc2O)n[nH]1. The highest BCUT2D eigenvalue weighted by atomic mass is 19.1. The van der Waals surface area contributed by atoms with Crippen LogP contribution in [0.3, 0.4) is 0 Å². The molecule has 0 unspecified atom stereocenters. The van der Waals surface area contributed by atoms with Gasteiger partial charge in [0, 0.05) is 11.3 Å². The molecular formula is C10H9FN2O. The Morgan fingerprint density at radius 1 is 1.36 bits per heavy atom. The van der Waals surface area contributed by atoms with E-state index in [4.69, 9.17) is 0 Å². The molecule has 3 nitrogen and oxygen atoms in total. The van der Waals surface area contributed by atoms with Crippen LogP contribution in [0.2, 0.25) is 0 Å². The minimum absolute atomic E-state index is 0.0258. The molecule has 0 bridgehead atoms. The summed E-state index contributed by atoms with van der Waals surface area (Å²) in [6, 6.07) is 5.52. The maximum Gasteiger partial charge on any atom is 0.125 e. The zero-order valence-corrected chi connectivity index (χ0v) is 7.58. The zero-order chi connectivity index (χ0) is 10.1. The largest absolute Gasteiger partial charge is 0.507 e. The maximum absolute atomic E-state index is 12.9. The highest BCUT2D eigenvalue weighted by Gasteiger charge is 2.08. The molecule has 0 amide bonds. The number of phenolic OH excluding ortho intramolecular Hbond substituents is 1. The number of benzene rings is 1. The van der Waals surface area contributed by atoms with Gasteiger partial charge in [0.1, 0.15) is 11.6 Å². The van der Waals surface area contributed by atoms with Gasteiger partial charge in [0.15, 0.2) is 0 Å². The van der Waals surface area contributed by atoms with Gasteiger partial charge in [0.2, 0.25) is 0 Å². The number of halogens is 1. The molecule has 2 N–H and O–H groups in total. The minimum Gasteiger partial charge on any atom is -0.507 e. The van der Waals surface area contributed by atoms with E-state index in [1.54, 1.807) is 6.07 Å². The summed E-state index contributed by atoms with van der Waals surface area (Å²) in [7, 11) is 0. The number of H-pyrrole nitrogens is 1. The molecule has 4 heteroatoms. The number of nitrogens with one attached hydrogen (secondary N) is 1. The third-order valence-corrected chi connectivity index (χ3v) is 1.94. The predicted octanol–water partition coefficient (Wildman–Crippen LogP) is 2.23. The Kier molecular flexibility index (Phi) is 1.96. The first-order valence-corrected chi connectivity index (χ1v) is 4.18. The van der Waals surface area contributed by atoms with Crippen LogP contribution in [-0.2, 0) is 0 Å². The van der Waals surface area contributed by atoms with Crippen molar-refractivity contribution in [1.29, 1.82) is 0 Å². The molecule has 0 fully saturated rings. The van der Waals surface area contributed by atoms with Crippen LogP contribution in [-0.4, -0.2) is 15.3 Å². The van der Waals surface area contributed by atoms with E-state index in [-0.39, 0.29) is 5.75 Å². The van der Waals surface area contributed by atoms with E-state index >= 15 is 0 Å². The van der Waals surface area contributed by atoms with Crippen molar-refractivity contribution in [3.05, 3.63) is 35.8 Å². The number of aromatic amines is 1. The van der Waals surface area contributed by atoms with Crippen molar-refractivity contribution < 1.29 is 9.50 Å². The monoisotopic (exact) mass is 192 g/mol. The second-order valence-corrected chi connectivity index (χ2v) is 3.10. The number of rotatable bonds is 1. The number of aromatic nitrogens is 2. The molecule has 0 aliphatic heterocycles. The first kappa shape index (κ1) is 8.74. The van der Waals surface area contributed by atoms with E-state index in [1.165, 1.54) is 18.2 Å². The summed E-state index contributed by atoms with van der Waals surface area (Å²) in [5.74, 6) is -0.364. The first-order chi connectivity index (χ1) is 6.66. The van der Waals surface area contributed by atoms with Crippen LogP contribution >= 0.6 is 0 Å². The average Bonchev–Trinajstić information content (AvgIpc) is 2.56. The van der Waals surface area contributed by atoms with Gasteiger partial charge in [-0.05, 0) is 31.2 Å². The van der Waals surface area contributed by atoms with Gasteiger partial charge in [0.25, 0.3) is 0 Å². The molecule has 72 valence electrons. The van der Waals surface area contributed by atoms with Crippen molar-refractivity contribution in [2.45, 2.75) is 6.92 Å². The van der Waals surface area contributed by atoms with Crippen molar-refractivity contribution in [3.8, 4) is 17.0 Å². The number of nitrogens with zero attached hydrogens (tertiary/aromatic N) is 1. The molecule has 1 heterocycles. The first-order valence-electron chi connectivity index (χ1n) is 4.18. The lowest BCUT2D eigenvalue weighted by Gasteiger charge is -1.99. The summed E-state index contributed by atoms with van der Waals surface area (Å²) < 4.78 is 12.9. The lowest BCUT2D eigenvalue weighted by molar-refractivity contribution is 0.475. The Morgan fingerprint density at radius 2 is 2.14 bits per heavy atom. The Hall–Kier alpha value is -1.84. The summed E-state index contributed by atoms with van der Waals surface area (Å²) in [4.78, 5) is 0. The average molecular weight is 192 g/mol. The summed E-state index contributed by atoms with van der Waals surface area (Å²) in [5.41, 5.74) is 1.80. The van der Waals surface area contributed by atoms with Gasteiger partial charge < -0.3 is 5.11 Å². The van der Waals surface area contributed by atoms with Gasteiger partial charge >= 0.3 is 0 Å². The van der Waals surface area contributed by atoms with E-state index in [0.29, 0.717) is 11.3 Å². The second-order valence-electron chi connectivity index (χ2n) is 3.10. The van der Waals surface area contributed by atoms with E-state index in [9.17, 15) is 9.50 Å². The highest BCUT2D eigenvalue weighted by molar-refractivity contribution is 5.66. The maximum atomic E-state index is 12.9. The fraction of sp³-hybridized carbons (Fsp3) is 0.100. The van der Waals surface area contributed by atoms with E-state index in [2.05, 4.69) is 10.2 Å². The van der Waals surface area contributed by atoms with E-state index < -0.39 is 5.82 Å². The Bertz CT molecular complexity index is 465. The van der Waals surface area contributed by atoms with Crippen LogP contribution in [0, 0.1) is 12.7 Å². The number of hydrogen-bond acceptors (Lipinski definition) is 2. The standard InChI is InChI=1S/C10H9FN2O/c1-6-4-9(13-12-6)8-5-7(11)2-3-10(8)14/h2-5,14H,1H3,(H,12,13). The van der Waals surface area contributed by atoms with Crippen LogP contribution in [0.5, 0.6) is 5.75 Å². The number of hydrogen-bond donors (Lipinski definition) is 2. The van der Waals surface area contributed by atoms with Crippen LogP contribution < -0.4 is 0 Å². The number of aromatic hydroxyl groups is 1. The molecule has 1 aromatic heterocycles. The molecule has 0 saturated carbocycles. The zero-order valence-electron chi connectivity index (χ0n) is 7.58. The molecule has 0 atom stereocenters. The van der Waals surface area contributed by atoms with Crippen molar-refractivity contribution >= 4 is 0 Å². The van der Waals surface area contributed by atoms with Crippen molar-refractivity contribution in [3.63, 3.8) is 0 Å². The van der Waals surface area contributed by atoms with Gasteiger partial charge in [-0.2, -0.15) is 5.10 Å². The van der Waals surface area contributed by atoms with Crippen LogP contribution in [0.4, 0.5) is 4.39 Å². The normalized spacial score (nSPS) is 10.4. The van der Waals surface area contributed by atoms with E-state index in [1.807, 2.05) is 6.92 Å². The van der Waals surface area contributed by atoms with Gasteiger partial charge in [0.05, 0.1) is 5.69 Å². The Morgan fingerprint density at radius 3 is 2.79 bits per heavy atom. The fourth-order valence-electron chi connectivity index (χ4n) is 1.27. The molecule has 1 aromatic carbocycles. The van der Waals surface area contributed by atoms with Crippen molar-refractivity contribution in [2.75, 3.05) is 0 Å². The topological polar surface area (TPSA) is 48.9 Å². The van der Waals surface area contributed by atoms with Gasteiger partial charge in [-0.25, -0.2) is 4.39 Å². The lowest BCUT2D eigenvalue weighted by atomic mass is 10.1. The Balaban J connectivity index is 2.55. The highest BCUT2D eigenvalue weighted by Crippen LogP contribution is 2.28. The minimum atomic E-state index is -0.390. The number of phenols is 1. The van der Waals surface area contributed by atoms with Gasteiger partial charge in [-0.15, -0.1) is 0 Å². The van der Waals surface area contributed by atoms with Gasteiger partial charge in [-0.1, -0.05) is 0 Å². The molecule has 0 saturated heterocycles. The second kappa shape index (κ2) is 3.14. The molecule has 2 rings (SSSR count). The number of aryl methyl sites for hydroxylation is 1. The molecular weight excluding hydrogens is 183 g/mol. The van der Waals surface area contributed by atoms with Crippen molar-refractivity contribution in [2.24, 2.45) is 0 Å².